The van der Waals surface area contributed by atoms with Crippen molar-refractivity contribution in [2.24, 2.45) is 0 Å². The van der Waals surface area contributed by atoms with Gasteiger partial charge in [0.15, 0.2) is 0 Å². The topological polar surface area (TPSA) is 49.8 Å². The van der Waals surface area contributed by atoms with Crippen molar-refractivity contribution in [3.63, 3.8) is 0 Å². The van der Waals surface area contributed by atoms with Crippen LogP contribution in [0.4, 0.5) is 10.1 Å². The number of rotatable bonds is 1. The lowest BCUT2D eigenvalue weighted by molar-refractivity contribution is 0.625. The second-order valence-corrected chi connectivity index (χ2v) is 3.98. The highest BCUT2D eigenvalue weighted by Crippen LogP contribution is 2.29. The number of benzene rings is 2. The molecule has 0 radical (unpaired) electrons. The molecule has 0 unspecified atom stereocenters. The number of nitriles is 1. The zero-order valence-electron chi connectivity index (χ0n) is 8.74. The van der Waals surface area contributed by atoms with Crippen molar-refractivity contribution in [1.29, 1.82) is 5.26 Å². The van der Waals surface area contributed by atoms with Gasteiger partial charge in [-0.25, -0.2) is 4.39 Å². The van der Waals surface area contributed by atoms with E-state index >= 15 is 0 Å². The van der Waals surface area contributed by atoms with Crippen molar-refractivity contribution >= 4 is 17.3 Å². The Bertz CT molecular complexity index is 617. The maximum absolute atomic E-state index is 13.3. The van der Waals surface area contributed by atoms with Crippen LogP contribution in [0.15, 0.2) is 36.4 Å². The van der Waals surface area contributed by atoms with Crippen LogP contribution in [0.25, 0.3) is 11.1 Å². The minimum absolute atomic E-state index is 0.0332. The van der Waals surface area contributed by atoms with Crippen molar-refractivity contribution in [2.45, 2.75) is 0 Å². The van der Waals surface area contributed by atoms with E-state index in [1.165, 1.54) is 6.07 Å². The molecule has 0 aliphatic carbocycles. The van der Waals surface area contributed by atoms with Crippen molar-refractivity contribution in [2.75, 3.05) is 5.73 Å². The van der Waals surface area contributed by atoms with Gasteiger partial charge in [0, 0.05) is 16.3 Å². The Morgan fingerprint density at radius 2 is 2.00 bits per heavy atom. The molecule has 0 atom stereocenters. The third kappa shape index (κ3) is 2.22. The summed E-state index contributed by atoms with van der Waals surface area (Å²) in [5, 5.41) is 9.34. The highest BCUT2D eigenvalue weighted by molar-refractivity contribution is 6.30. The molecule has 17 heavy (non-hydrogen) atoms. The lowest BCUT2D eigenvalue weighted by Crippen LogP contribution is -1.94. The molecule has 84 valence electrons. The first kappa shape index (κ1) is 11.4. The molecule has 0 heterocycles. The van der Waals surface area contributed by atoms with Gasteiger partial charge in [0.1, 0.15) is 11.9 Å². The van der Waals surface area contributed by atoms with Gasteiger partial charge < -0.3 is 5.73 Å². The van der Waals surface area contributed by atoms with Crippen LogP contribution in [0.1, 0.15) is 5.56 Å². The minimum atomic E-state index is -0.615. The number of nitrogens with two attached hydrogens (primary N) is 1. The molecule has 0 bridgehead atoms. The number of hydrogen-bond donors (Lipinski definition) is 1. The summed E-state index contributed by atoms with van der Waals surface area (Å²) in [5.74, 6) is -0.615. The molecular weight excluding hydrogens is 239 g/mol. The van der Waals surface area contributed by atoms with E-state index in [2.05, 4.69) is 0 Å². The smallest absolute Gasteiger partial charge is 0.143 e. The van der Waals surface area contributed by atoms with Crippen LogP contribution in [-0.4, -0.2) is 0 Å². The Balaban J connectivity index is 2.64. The van der Waals surface area contributed by atoms with E-state index < -0.39 is 5.82 Å². The Labute approximate surface area is 103 Å². The molecular formula is C13H8ClFN2. The summed E-state index contributed by atoms with van der Waals surface area (Å²) >= 11 is 5.87. The molecule has 2 nitrogen and oxygen atoms in total. The minimum Gasteiger partial charge on any atom is -0.398 e. The summed E-state index contributed by atoms with van der Waals surface area (Å²) in [4.78, 5) is 0. The first-order chi connectivity index (χ1) is 8.11. The summed E-state index contributed by atoms with van der Waals surface area (Å²) in [5.41, 5.74) is 7.34. The Hall–Kier alpha value is -2.05. The first-order valence-electron chi connectivity index (χ1n) is 4.87. The predicted octanol–water partition coefficient (Wildman–Crippen LogP) is 3.60. The molecule has 4 heteroatoms. The van der Waals surface area contributed by atoms with E-state index in [1.807, 2.05) is 0 Å². The fourth-order valence-corrected chi connectivity index (χ4v) is 1.77. The lowest BCUT2D eigenvalue weighted by atomic mass is 10.0. The zero-order chi connectivity index (χ0) is 12.4. The summed E-state index contributed by atoms with van der Waals surface area (Å²) in [6.45, 7) is 0. The molecule has 2 aromatic carbocycles. The van der Waals surface area contributed by atoms with Gasteiger partial charge in [-0.2, -0.15) is 5.26 Å². The zero-order valence-corrected chi connectivity index (χ0v) is 9.50. The fourth-order valence-electron chi connectivity index (χ4n) is 1.58. The van der Waals surface area contributed by atoms with Crippen molar-refractivity contribution < 1.29 is 4.39 Å². The van der Waals surface area contributed by atoms with Gasteiger partial charge >= 0.3 is 0 Å². The molecule has 2 rings (SSSR count). The van der Waals surface area contributed by atoms with E-state index in [9.17, 15) is 4.39 Å². The molecule has 2 aromatic rings. The SMILES string of the molecule is N#Cc1cc(-c2cccc(Cl)c2)c(N)cc1F. The van der Waals surface area contributed by atoms with Crippen molar-refractivity contribution in [3.05, 3.63) is 52.8 Å². The quantitative estimate of drug-likeness (QED) is 0.782. The average Bonchev–Trinajstić information content (AvgIpc) is 2.29. The third-order valence-corrected chi connectivity index (χ3v) is 2.63. The monoisotopic (exact) mass is 246 g/mol. The number of nitrogens with zero attached hydrogens (tertiary/aromatic N) is 1. The van der Waals surface area contributed by atoms with E-state index in [-0.39, 0.29) is 11.3 Å². The molecule has 0 saturated carbocycles. The van der Waals surface area contributed by atoms with Crippen LogP contribution in [0.5, 0.6) is 0 Å². The van der Waals surface area contributed by atoms with Crippen LogP contribution in [0, 0.1) is 17.1 Å². The van der Waals surface area contributed by atoms with Gasteiger partial charge in [-0.1, -0.05) is 23.7 Å². The number of nitrogen functional groups attached to an aromatic ring is 1. The van der Waals surface area contributed by atoms with E-state index in [1.54, 1.807) is 30.3 Å². The van der Waals surface area contributed by atoms with E-state index in [4.69, 9.17) is 22.6 Å². The van der Waals surface area contributed by atoms with Crippen LogP contribution in [0.2, 0.25) is 5.02 Å². The van der Waals surface area contributed by atoms with Gasteiger partial charge in [-0.15, -0.1) is 0 Å². The second kappa shape index (κ2) is 4.44. The highest BCUT2D eigenvalue weighted by atomic mass is 35.5. The molecule has 0 spiro atoms. The predicted molar refractivity (Wildman–Crippen MR) is 66.0 cm³/mol. The average molecular weight is 247 g/mol. The normalized spacial score (nSPS) is 9.94. The molecule has 0 amide bonds. The number of halogens is 2. The second-order valence-electron chi connectivity index (χ2n) is 3.54. The van der Waals surface area contributed by atoms with E-state index in [0.29, 0.717) is 10.6 Å². The lowest BCUT2D eigenvalue weighted by Gasteiger charge is -2.07. The molecule has 0 aromatic heterocycles. The van der Waals surface area contributed by atoms with Gasteiger partial charge in [-0.3, -0.25) is 0 Å². The maximum Gasteiger partial charge on any atom is 0.143 e. The largest absolute Gasteiger partial charge is 0.398 e. The standard InChI is InChI=1S/C13H8ClFN2/c14-10-3-1-2-8(4-10)11-5-9(7-16)12(15)6-13(11)17/h1-6H,17H2. The van der Waals surface area contributed by atoms with Gasteiger partial charge in [0.25, 0.3) is 0 Å². The number of anilines is 1. The molecule has 2 N–H and O–H groups in total. The van der Waals surface area contributed by atoms with Crippen molar-refractivity contribution in [3.8, 4) is 17.2 Å². The molecule has 0 saturated heterocycles. The van der Waals surface area contributed by atoms with Gasteiger partial charge in [0.05, 0.1) is 5.56 Å². The summed E-state index contributed by atoms with van der Waals surface area (Å²) in [6.07, 6.45) is 0. The van der Waals surface area contributed by atoms with Crippen molar-refractivity contribution in [1.82, 2.24) is 0 Å². The van der Waals surface area contributed by atoms with Crippen LogP contribution in [-0.2, 0) is 0 Å². The summed E-state index contributed by atoms with van der Waals surface area (Å²) < 4.78 is 13.3. The first-order valence-corrected chi connectivity index (χ1v) is 5.24. The van der Waals surface area contributed by atoms with Gasteiger partial charge in [-0.05, 0) is 29.8 Å². The number of hydrogen-bond acceptors (Lipinski definition) is 2. The Kier molecular flexibility index (Phi) is 2.99. The maximum atomic E-state index is 13.3. The van der Waals surface area contributed by atoms with Crippen LogP contribution < -0.4 is 5.73 Å². The summed E-state index contributed by atoms with van der Waals surface area (Å²) in [6, 6.07) is 11.4. The molecule has 0 fully saturated rings. The molecule has 0 aliphatic heterocycles. The van der Waals surface area contributed by atoms with Gasteiger partial charge in [0.2, 0.25) is 0 Å². The van der Waals surface area contributed by atoms with Crippen LogP contribution in [0.3, 0.4) is 0 Å². The Morgan fingerprint density at radius 1 is 1.24 bits per heavy atom. The van der Waals surface area contributed by atoms with Crippen LogP contribution >= 0.6 is 11.6 Å². The van der Waals surface area contributed by atoms with E-state index in [0.717, 1.165) is 11.6 Å². The molecule has 0 aliphatic rings. The Morgan fingerprint density at radius 3 is 2.65 bits per heavy atom. The summed E-state index contributed by atoms with van der Waals surface area (Å²) in [7, 11) is 0. The fraction of sp³-hybridized carbons (Fsp3) is 0. The highest BCUT2D eigenvalue weighted by Gasteiger charge is 2.09. The third-order valence-electron chi connectivity index (χ3n) is 2.40.